The molecule has 1 unspecified atom stereocenters. The van der Waals surface area contributed by atoms with Crippen molar-refractivity contribution in [2.75, 3.05) is 6.54 Å². The molecule has 0 N–H and O–H groups in total. The minimum Gasteiger partial charge on any atom is -0.330 e. The van der Waals surface area contributed by atoms with Crippen molar-refractivity contribution < 1.29 is 9.59 Å². The van der Waals surface area contributed by atoms with Gasteiger partial charge in [-0.3, -0.25) is 9.59 Å². The lowest BCUT2D eigenvalue weighted by Crippen LogP contribution is -2.42. The van der Waals surface area contributed by atoms with Crippen molar-refractivity contribution in [2.24, 2.45) is 10.9 Å². The zero-order valence-electron chi connectivity index (χ0n) is 14.6. The number of thiazole rings is 1. The normalized spacial score (nSPS) is 18.1. The minimum atomic E-state index is -0.415. The van der Waals surface area contributed by atoms with Crippen molar-refractivity contribution in [1.29, 1.82) is 0 Å². The molecule has 1 aliphatic heterocycles. The lowest BCUT2D eigenvalue weighted by molar-refractivity contribution is -0.139. The van der Waals surface area contributed by atoms with Gasteiger partial charge in [0.25, 0.3) is 5.91 Å². The molecule has 0 spiro atoms. The quantitative estimate of drug-likeness (QED) is 0.845. The number of aromatic nitrogens is 1. The molecule has 1 aliphatic rings. The summed E-state index contributed by atoms with van der Waals surface area (Å²) in [5, 5.41) is 1.93. The highest BCUT2D eigenvalue weighted by Crippen LogP contribution is 2.20. The van der Waals surface area contributed by atoms with Gasteiger partial charge in [-0.1, -0.05) is 44.2 Å². The zero-order chi connectivity index (χ0) is 17.8. The van der Waals surface area contributed by atoms with Crippen molar-refractivity contribution in [3.05, 3.63) is 52.3 Å². The molecule has 132 valence electrons. The van der Waals surface area contributed by atoms with Crippen molar-refractivity contribution in [3.8, 4) is 0 Å². The van der Waals surface area contributed by atoms with Gasteiger partial charge in [-0.05, 0) is 18.4 Å². The molecule has 0 bridgehead atoms. The number of hydrogen-bond donors (Lipinski definition) is 0. The average Bonchev–Trinajstić information content (AvgIpc) is 3.25. The number of rotatable bonds is 4. The summed E-state index contributed by atoms with van der Waals surface area (Å²) in [4.78, 5) is 31.7. The Morgan fingerprint density at radius 1 is 1.28 bits per heavy atom. The van der Waals surface area contributed by atoms with E-state index in [1.54, 1.807) is 4.90 Å². The number of nitrogens with zero attached hydrogens (tertiary/aromatic N) is 3. The van der Waals surface area contributed by atoms with Gasteiger partial charge in [0.2, 0.25) is 5.91 Å². The maximum atomic E-state index is 12.7. The van der Waals surface area contributed by atoms with E-state index in [2.05, 4.69) is 17.1 Å². The number of likely N-dealkylation sites (tertiary alicyclic amines) is 1. The van der Waals surface area contributed by atoms with E-state index in [-0.39, 0.29) is 17.7 Å². The first kappa shape index (κ1) is 17.6. The fraction of sp³-hybridized carbons (Fsp3) is 0.421. The molecule has 25 heavy (non-hydrogen) atoms. The summed E-state index contributed by atoms with van der Waals surface area (Å²) in [6, 6.07) is 9.67. The first-order valence-corrected chi connectivity index (χ1v) is 9.51. The van der Waals surface area contributed by atoms with Crippen LogP contribution in [0.5, 0.6) is 0 Å². The van der Waals surface area contributed by atoms with Gasteiger partial charge in [-0.2, -0.15) is 4.99 Å². The van der Waals surface area contributed by atoms with E-state index >= 15 is 0 Å². The van der Waals surface area contributed by atoms with Crippen LogP contribution in [0, 0.1) is 5.92 Å². The minimum absolute atomic E-state index is 0.0365. The van der Waals surface area contributed by atoms with Gasteiger partial charge in [-0.25, -0.2) is 0 Å². The highest BCUT2D eigenvalue weighted by atomic mass is 32.1. The van der Waals surface area contributed by atoms with Gasteiger partial charge in [0.05, 0.1) is 0 Å². The Balaban J connectivity index is 1.80. The Hall–Kier alpha value is -2.21. The van der Waals surface area contributed by atoms with Crippen LogP contribution in [0.25, 0.3) is 0 Å². The standard InChI is InChI=1S/C19H23N3O2S/c1-14(2)18(24)22-10-6-9-16(22)17(23)20-19-21(11-12-25-19)13-15-7-4-3-5-8-15/h3-5,7-8,11-12,14,16H,6,9-10,13H2,1-2H3. The van der Waals surface area contributed by atoms with Gasteiger partial charge in [0.1, 0.15) is 6.04 Å². The molecule has 2 amide bonds. The summed E-state index contributed by atoms with van der Waals surface area (Å²) in [7, 11) is 0. The fourth-order valence-electron chi connectivity index (χ4n) is 3.07. The van der Waals surface area contributed by atoms with E-state index in [4.69, 9.17) is 0 Å². The summed E-state index contributed by atoms with van der Waals surface area (Å²) >= 11 is 1.44. The first-order chi connectivity index (χ1) is 12.1. The predicted molar refractivity (Wildman–Crippen MR) is 98.0 cm³/mol. The monoisotopic (exact) mass is 357 g/mol. The second-order valence-electron chi connectivity index (χ2n) is 6.59. The highest BCUT2D eigenvalue weighted by molar-refractivity contribution is 7.07. The Morgan fingerprint density at radius 2 is 2.04 bits per heavy atom. The fourth-order valence-corrected chi connectivity index (χ4v) is 3.81. The van der Waals surface area contributed by atoms with Crippen LogP contribution in [0.3, 0.4) is 0 Å². The Morgan fingerprint density at radius 3 is 2.76 bits per heavy atom. The highest BCUT2D eigenvalue weighted by Gasteiger charge is 2.34. The molecule has 2 aromatic rings. The SMILES string of the molecule is CC(C)C(=O)N1CCCC1C(=O)N=c1sccn1Cc1ccccc1. The molecule has 1 saturated heterocycles. The third kappa shape index (κ3) is 4.07. The topological polar surface area (TPSA) is 54.7 Å². The zero-order valence-corrected chi connectivity index (χ0v) is 15.4. The predicted octanol–water partition coefficient (Wildman–Crippen LogP) is 2.67. The summed E-state index contributed by atoms with van der Waals surface area (Å²) in [6.07, 6.45) is 3.50. The smallest absolute Gasteiger partial charge is 0.271 e. The summed E-state index contributed by atoms with van der Waals surface area (Å²) in [5.41, 5.74) is 1.16. The van der Waals surface area contributed by atoms with Crippen molar-refractivity contribution in [1.82, 2.24) is 9.47 Å². The number of hydrogen-bond acceptors (Lipinski definition) is 3. The molecule has 2 heterocycles. The van der Waals surface area contributed by atoms with Crippen LogP contribution >= 0.6 is 11.3 Å². The van der Waals surface area contributed by atoms with E-state index in [0.29, 0.717) is 24.3 Å². The van der Waals surface area contributed by atoms with Crippen LogP contribution in [0.4, 0.5) is 0 Å². The second kappa shape index (κ2) is 7.78. The van der Waals surface area contributed by atoms with E-state index in [0.717, 1.165) is 12.0 Å². The van der Waals surface area contributed by atoms with Crippen LogP contribution in [-0.4, -0.2) is 33.9 Å². The van der Waals surface area contributed by atoms with Crippen LogP contribution in [0.15, 0.2) is 46.9 Å². The third-order valence-corrected chi connectivity index (χ3v) is 5.17. The van der Waals surface area contributed by atoms with E-state index in [9.17, 15) is 9.59 Å². The summed E-state index contributed by atoms with van der Waals surface area (Å²) in [6.45, 7) is 5.06. The van der Waals surface area contributed by atoms with Crippen molar-refractivity contribution in [2.45, 2.75) is 39.3 Å². The Labute approximate surface area is 151 Å². The summed E-state index contributed by atoms with van der Waals surface area (Å²) in [5.74, 6) is -0.275. The molecule has 1 aromatic heterocycles. The molecular formula is C19H23N3O2S. The van der Waals surface area contributed by atoms with E-state index in [1.165, 1.54) is 11.3 Å². The Kier molecular flexibility index (Phi) is 5.48. The van der Waals surface area contributed by atoms with Gasteiger partial charge in [-0.15, -0.1) is 11.3 Å². The molecule has 3 rings (SSSR count). The number of benzene rings is 1. The largest absolute Gasteiger partial charge is 0.330 e. The van der Waals surface area contributed by atoms with Gasteiger partial charge < -0.3 is 9.47 Å². The molecule has 0 aliphatic carbocycles. The molecule has 1 aromatic carbocycles. The molecule has 0 radical (unpaired) electrons. The first-order valence-electron chi connectivity index (χ1n) is 8.63. The van der Waals surface area contributed by atoms with Crippen LogP contribution < -0.4 is 4.80 Å². The van der Waals surface area contributed by atoms with Gasteiger partial charge in [0.15, 0.2) is 4.80 Å². The molecule has 6 heteroatoms. The third-order valence-electron chi connectivity index (χ3n) is 4.38. The van der Waals surface area contributed by atoms with Crippen LogP contribution in [0.1, 0.15) is 32.3 Å². The molecule has 5 nitrogen and oxygen atoms in total. The lowest BCUT2D eigenvalue weighted by Gasteiger charge is -2.23. The number of carbonyl (C=O) groups excluding carboxylic acids is 2. The van der Waals surface area contributed by atoms with Gasteiger partial charge in [0, 0.05) is 30.6 Å². The maximum Gasteiger partial charge on any atom is 0.271 e. The number of amides is 2. The molecular weight excluding hydrogens is 334 g/mol. The summed E-state index contributed by atoms with van der Waals surface area (Å²) < 4.78 is 1.97. The second-order valence-corrected chi connectivity index (χ2v) is 7.47. The van der Waals surface area contributed by atoms with Crippen LogP contribution in [0.2, 0.25) is 0 Å². The van der Waals surface area contributed by atoms with Gasteiger partial charge >= 0.3 is 0 Å². The lowest BCUT2D eigenvalue weighted by atomic mass is 10.1. The van der Waals surface area contributed by atoms with E-state index in [1.807, 2.05) is 48.2 Å². The molecule has 1 atom stereocenters. The Bertz CT molecular complexity index is 807. The molecule has 0 saturated carbocycles. The average molecular weight is 357 g/mol. The van der Waals surface area contributed by atoms with Crippen LogP contribution in [-0.2, 0) is 16.1 Å². The van der Waals surface area contributed by atoms with E-state index < -0.39 is 6.04 Å². The maximum absolute atomic E-state index is 12.7. The molecule has 1 fully saturated rings. The van der Waals surface area contributed by atoms with Crippen molar-refractivity contribution in [3.63, 3.8) is 0 Å². The van der Waals surface area contributed by atoms with Crippen molar-refractivity contribution >= 4 is 23.2 Å². The number of carbonyl (C=O) groups is 2.